The number of rotatable bonds is 2. The molecule has 3 aromatic carbocycles. The standard InChI is InChI=1S/C38H22N6O2/c1-5-26-34(39-15-1)35-27(6-2-16-40-35)43(26)21-9-12-30-24(19-21)23-11-14-32-33(38(23)46-30)25-20-22(10-13-31(25)45-32)44-28-7-3-17-41-36(28)37-29(44)8-4-18-42-37/h1-3,5-7,9-20H,4,8H2. The van der Waals surface area contributed by atoms with Gasteiger partial charge in [-0.05, 0) is 97.8 Å². The lowest BCUT2D eigenvalue weighted by molar-refractivity contribution is 0.662. The Labute approximate surface area is 259 Å². The van der Waals surface area contributed by atoms with E-state index in [1.165, 1.54) is 5.69 Å². The molecule has 0 saturated carbocycles. The molecule has 216 valence electrons. The van der Waals surface area contributed by atoms with E-state index in [2.05, 4.69) is 85.8 Å². The van der Waals surface area contributed by atoms with Gasteiger partial charge in [-0.15, -0.1) is 0 Å². The number of aliphatic imine (C=N–C) groups is 1. The van der Waals surface area contributed by atoms with Crippen LogP contribution in [0.25, 0.3) is 88.4 Å². The van der Waals surface area contributed by atoms with Crippen molar-refractivity contribution in [3.63, 3.8) is 0 Å². The largest absolute Gasteiger partial charge is 0.456 e. The molecule has 10 aromatic rings. The molecular weight excluding hydrogens is 572 g/mol. The van der Waals surface area contributed by atoms with Gasteiger partial charge in [-0.2, -0.15) is 0 Å². The van der Waals surface area contributed by atoms with Gasteiger partial charge in [-0.3, -0.25) is 19.9 Å². The second-order valence-electron chi connectivity index (χ2n) is 11.8. The summed E-state index contributed by atoms with van der Waals surface area (Å²) in [7, 11) is 0. The Morgan fingerprint density at radius 1 is 0.565 bits per heavy atom. The number of pyridine rings is 3. The first-order valence-corrected chi connectivity index (χ1v) is 15.3. The van der Waals surface area contributed by atoms with Crippen molar-refractivity contribution < 1.29 is 8.83 Å². The second kappa shape index (κ2) is 8.67. The SMILES string of the molecule is C1=Nc2c(n(-c3ccc4oc5ccc6c7cc(-n8c9cccnc9c9ncccc98)ccc7oc6c5c4c3)c3cccnc23)CC1. The van der Waals surface area contributed by atoms with Crippen LogP contribution in [-0.4, -0.2) is 30.3 Å². The molecule has 0 spiro atoms. The fourth-order valence-electron chi connectivity index (χ4n) is 7.44. The average molecular weight is 595 g/mol. The van der Waals surface area contributed by atoms with Gasteiger partial charge in [0.05, 0.1) is 27.6 Å². The van der Waals surface area contributed by atoms with Crippen LogP contribution in [0.1, 0.15) is 12.1 Å². The summed E-state index contributed by atoms with van der Waals surface area (Å²) in [5, 5.41) is 4.06. The number of aromatic nitrogens is 5. The van der Waals surface area contributed by atoms with Crippen molar-refractivity contribution in [3.8, 4) is 11.4 Å². The zero-order chi connectivity index (χ0) is 29.9. The summed E-state index contributed by atoms with van der Waals surface area (Å²) in [5.41, 5.74) is 13.2. The number of benzene rings is 3. The van der Waals surface area contributed by atoms with Crippen LogP contribution >= 0.6 is 0 Å². The van der Waals surface area contributed by atoms with Crippen LogP contribution in [0.2, 0.25) is 0 Å². The Hall–Kier alpha value is -6.28. The van der Waals surface area contributed by atoms with Crippen LogP contribution in [0.5, 0.6) is 0 Å². The predicted molar refractivity (Wildman–Crippen MR) is 182 cm³/mol. The van der Waals surface area contributed by atoms with E-state index in [1.807, 2.05) is 43.0 Å². The van der Waals surface area contributed by atoms with Gasteiger partial charge in [0.1, 0.15) is 44.6 Å². The summed E-state index contributed by atoms with van der Waals surface area (Å²) < 4.78 is 17.5. The first-order valence-electron chi connectivity index (χ1n) is 15.3. The molecule has 0 saturated heterocycles. The molecule has 11 rings (SSSR count). The lowest BCUT2D eigenvalue weighted by Crippen LogP contribution is -2.02. The van der Waals surface area contributed by atoms with Gasteiger partial charge >= 0.3 is 0 Å². The minimum absolute atomic E-state index is 0.795. The van der Waals surface area contributed by atoms with Crippen molar-refractivity contribution in [3.05, 3.63) is 109 Å². The maximum Gasteiger partial charge on any atom is 0.147 e. The number of furan rings is 2. The number of hydrogen-bond donors (Lipinski definition) is 0. The molecule has 0 atom stereocenters. The molecule has 0 N–H and O–H groups in total. The highest BCUT2D eigenvalue weighted by atomic mass is 16.3. The molecule has 1 aliphatic heterocycles. The molecule has 0 amide bonds. The summed E-state index contributed by atoms with van der Waals surface area (Å²) in [6.07, 6.45) is 9.28. The minimum atomic E-state index is 0.795. The summed E-state index contributed by atoms with van der Waals surface area (Å²) >= 11 is 0. The van der Waals surface area contributed by atoms with Crippen LogP contribution in [0.3, 0.4) is 0 Å². The highest BCUT2D eigenvalue weighted by molar-refractivity contribution is 6.22. The fraction of sp³-hybridized carbons (Fsp3) is 0.0526. The van der Waals surface area contributed by atoms with Gasteiger partial charge in [0.25, 0.3) is 0 Å². The quantitative estimate of drug-likeness (QED) is 0.199. The molecule has 0 unspecified atom stereocenters. The average Bonchev–Trinajstić information content (AvgIpc) is 3.85. The molecule has 8 heterocycles. The van der Waals surface area contributed by atoms with Crippen LogP contribution in [-0.2, 0) is 6.42 Å². The maximum absolute atomic E-state index is 6.64. The Kier molecular flexibility index (Phi) is 4.54. The van der Waals surface area contributed by atoms with Gasteiger partial charge in [0.15, 0.2) is 0 Å². The second-order valence-corrected chi connectivity index (χ2v) is 11.8. The van der Waals surface area contributed by atoms with Crippen LogP contribution in [0.15, 0.2) is 117 Å². The van der Waals surface area contributed by atoms with E-state index in [1.54, 1.807) is 0 Å². The first kappa shape index (κ1) is 24.1. The van der Waals surface area contributed by atoms with E-state index in [-0.39, 0.29) is 0 Å². The Morgan fingerprint density at radius 3 is 1.96 bits per heavy atom. The summed E-state index contributed by atoms with van der Waals surface area (Å²) in [4.78, 5) is 18.7. The van der Waals surface area contributed by atoms with E-state index in [0.29, 0.717) is 0 Å². The third-order valence-corrected chi connectivity index (χ3v) is 9.36. The molecule has 0 radical (unpaired) electrons. The van der Waals surface area contributed by atoms with Crippen molar-refractivity contribution in [2.75, 3.05) is 0 Å². The summed E-state index contributed by atoms with van der Waals surface area (Å²) in [5.74, 6) is 0. The molecule has 1 aliphatic rings. The Morgan fingerprint density at radius 2 is 1.20 bits per heavy atom. The van der Waals surface area contributed by atoms with Crippen LogP contribution < -0.4 is 0 Å². The first-order chi connectivity index (χ1) is 22.8. The molecule has 0 fully saturated rings. The van der Waals surface area contributed by atoms with E-state index >= 15 is 0 Å². The topological polar surface area (TPSA) is 87.2 Å². The lowest BCUT2D eigenvalue weighted by atomic mass is 10.1. The number of nitrogens with zero attached hydrogens (tertiary/aromatic N) is 6. The monoisotopic (exact) mass is 594 g/mol. The zero-order valence-electron chi connectivity index (χ0n) is 24.3. The third-order valence-electron chi connectivity index (χ3n) is 9.36. The Balaban J connectivity index is 1.16. The number of hydrogen-bond acceptors (Lipinski definition) is 6. The smallest absolute Gasteiger partial charge is 0.147 e. The van der Waals surface area contributed by atoms with Crippen molar-refractivity contribution in [1.82, 2.24) is 24.1 Å². The molecule has 0 bridgehead atoms. The molecule has 8 heteroatoms. The molecule has 8 nitrogen and oxygen atoms in total. The normalized spacial score (nSPS) is 13.4. The zero-order valence-corrected chi connectivity index (χ0v) is 24.3. The molecule has 7 aromatic heterocycles. The van der Waals surface area contributed by atoms with E-state index in [9.17, 15) is 0 Å². The van der Waals surface area contributed by atoms with Gasteiger partial charge in [-0.1, -0.05) is 0 Å². The molecular formula is C38H22N6O2. The van der Waals surface area contributed by atoms with E-state index in [0.717, 1.165) is 107 Å². The van der Waals surface area contributed by atoms with Gasteiger partial charge in [0, 0.05) is 52.3 Å². The maximum atomic E-state index is 6.64. The van der Waals surface area contributed by atoms with Gasteiger partial charge in [0.2, 0.25) is 0 Å². The van der Waals surface area contributed by atoms with Crippen molar-refractivity contribution in [2.45, 2.75) is 12.8 Å². The van der Waals surface area contributed by atoms with E-state index in [4.69, 9.17) is 18.8 Å². The summed E-state index contributed by atoms with van der Waals surface area (Å²) in [6, 6.07) is 29.1. The van der Waals surface area contributed by atoms with Crippen LogP contribution in [0.4, 0.5) is 5.69 Å². The Bertz CT molecular complexity index is 2880. The van der Waals surface area contributed by atoms with Crippen LogP contribution in [0, 0.1) is 0 Å². The van der Waals surface area contributed by atoms with Gasteiger partial charge in [-0.25, -0.2) is 0 Å². The minimum Gasteiger partial charge on any atom is -0.456 e. The molecule has 0 aliphatic carbocycles. The van der Waals surface area contributed by atoms with E-state index < -0.39 is 0 Å². The summed E-state index contributed by atoms with van der Waals surface area (Å²) in [6.45, 7) is 0. The molecule has 46 heavy (non-hydrogen) atoms. The van der Waals surface area contributed by atoms with Crippen molar-refractivity contribution in [2.24, 2.45) is 4.99 Å². The predicted octanol–water partition coefficient (Wildman–Crippen LogP) is 9.36. The lowest BCUT2D eigenvalue weighted by Gasteiger charge is -2.12. The number of fused-ring (bicyclic) bond motifs is 13. The van der Waals surface area contributed by atoms with Crippen molar-refractivity contribution >= 4 is 88.9 Å². The highest BCUT2D eigenvalue weighted by Crippen LogP contribution is 2.42. The van der Waals surface area contributed by atoms with Crippen molar-refractivity contribution in [1.29, 1.82) is 0 Å². The third kappa shape index (κ3) is 3.07. The fourth-order valence-corrected chi connectivity index (χ4v) is 7.44. The van der Waals surface area contributed by atoms with Gasteiger partial charge < -0.3 is 18.0 Å². The highest BCUT2D eigenvalue weighted by Gasteiger charge is 2.23.